The Balaban J connectivity index is 5.71. The van der Waals surface area contributed by atoms with Crippen molar-refractivity contribution in [2.75, 3.05) is 64.0 Å². The SMILES string of the molecule is CO[Si](CCCC(CCC[Si](OC)(OC)OC)(CCC[Si](OC)(OC)OC)CC(C)O)(OC)OC. The predicted octanol–water partition coefficient (Wildman–Crippen LogP) is 3.72. The first-order valence-electron chi connectivity index (χ1n) is 12.2. The van der Waals surface area contributed by atoms with E-state index in [-0.39, 0.29) is 5.41 Å². The summed E-state index contributed by atoms with van der Waals surface area (Å²) in [4.78, 5) is 0. The van der Waals surface area contributed by atoms with Crippen LogP contribution < -0.4 is 0 Å². The van der Waals surface area contributed by atoms with Gasteiger partial charge in [0.1, 0.15) is 0 Å². The Morgan fingerprint density at radius 2 is 0.743 bits per heavy atom. The lowest BCUT2D eigenvalue weighted by Crippen LogP contribution is -2.44. The van der Waals surface area contributed by atoms with Crippen molar-refractivity contribution in [1.29, 1.82) is 0 Å². The van der Waals surface area contributed by atoms with Gasteiger partial charge in [-0.3, -0.25) is 0 Å². The molecule has 0 radical (unpaired) electrons. The van der Waals surface area contributed by atoms with E-state index in [0.717, 1.165) is 38.5 Å². The van der Waals surface area contributed by atoms with Crippen LogP contribution in [0.4, 0.5) is 0 Å². The monoisotopic (exact) mass is 560 g/mol. The number of rotatable bonds is 23. The third-order valence-electron chi connectivity index (χ3n) is 7.10. The number of aliphatic hydroxyl groups is 1. The molecule has 35 heavy (non-hydrogen) atoms. The first kappa shape index (κ1) is 35.3. The van der Waals surface area contributed by atoms with Gasteiger partial charge in [0, 0.05) is 82.1 Å². The second kappa shape index (κ2) is 17.7. The Morgan fingerprint density at radius 1 is 0.514 bits per heavy atom. The maximum absolute atomic E-state index is 10.5. The van der Waals surface area contributed by atoms with E-state index < -0.39 is 32.5 Å². The topological polar surface area (TPSA) is 103 Å². The normalized spacial score (nSPS) is 14.5. The van der Waals surface area contributed by atoms with Crippen LogP contribution >= 0.6 is 0 Å². The largest absolute Gasteiger partial charge is 0.500 e. The molecule has 0 saturated carbocycles. The molecule has 1 atom stereocenters. The van der Waals surface area contributed by atoms with Gasteiger partial charge in [-0.05, 0) is 57.3 Å². The lowest BCUT2D eigenvalue weighted by Gasteiger charge is -2.38. The van der Waals surface area contributed by atoms with Crippen molar-refractivity contribution in [3.8, 4) is 0 Å². The fourth-order valence-corrected chi connectivity index (χ4v) is 10.2. The second-order valence-corrected chi connectivity index (χ2v) is 18.3. The zero-order chi connectivity index (χ0) is 27.0. The molecule has 0 aromatic heterocycles. The molecular weight excluding hydrogens is 508 g/mol. The zero-order valence-corrected chi connectivity index (χ0v) is 26.8. The van der Waals surface area contributed by atoms with E-state index in [2.05, 4.69) is 0 Å². The van der Waals surface area contributed by atoms with E-state index in [1.807, 2.05) is 6.92 Å². The highest BCUT2D eigenvalue weighted by atomic mass is 28.4. The Morgan fingerprint density at radius 3 is 0.914 bits per heavy atom. The van der Waals surface area contributed by atoms with Crippen LogP contribution in [0.5, 0.6) is 0 Å². The first-order valence-corrected chi connectivity index (χ1v) is 18.0. The second-order valence-electron chi connectivity index (χ2n) is 9.00. The first-order chi connectivity index (χ1) is 16.6. The quantitative estimate of drug-likeness (QED) is 0.186. The molecule has 0 aliphatic heterocycles. The van der Waals surface area contributed by atoms with Gasteiger partial charge in [-0.1, -0.05) is 0 Å². The van der Waals surface area contributed by atoms with Gasteiger partial charge in [-0.15, -0.1) is 0 Å². The number of hydrogen-bond acceptors (Lipinski definition) is 10. The van der Waals surface area contributed by atoms with E-state index >= 15 is 0 Å². The third-order valence-corrected chi connectivity index (χ3v) is 15.6. The van der Waals surface area contributed by atoms with E-state index in [1.54, 1.807) is 64.0 Å². The lowest BCUT2D eigenvalue weighted by atomic mass is 9.72. The van der Waals surface area contributed by atoms with Crippen molar-refractivity contribution in [3.63, 3.8) is 0 Å². The fraction of sp³-hybridized carbons (Fsp3) is 1.00. The summed E-state index contributed by atoms with van der Waals surface area (Å²) in [6.07, 6.45) is 5.50. The van der Waals surface area contributed by atoms with Crippen molar-refractivity contribution < 1.29 is 44.9 Å². The predicted molar refractivity (Wildman–Crippen MR) is 141 cm³/mol. The van der Waals surface area contributed by atoms with Crippen molar-refractivity contribution in [2.24, 2.45) is 5.41 Å². The summed E-state index contributed by atoms with van der Waals surface area (Å²) in [5.74, 6) is 0. The Bertz CT molecular complexity index is 440. The highest BCUT2D eigenvalue weighted by Gasteiger charge is 2.42. The molecule has 0 amide bonds. The minimum Gasteiger partial charge on any atom is -0.393 e. The molecule has 0 spiro atoms. The number of hydrogen-bond donors (Lipinski definition) is 1. The van der Waals surface area contributed by atoms with Gasteiger partial charge < -0.3 is 44.9 Å². The highest BCUT2D eigenvalue weighted by Crippen LogP contribution is 2.43. The highest BCUT2D eigenvalue weighted by molar-refractivity contribution is 6.61. The van der Waals surface area contributed by atoms with Crippen LogP contribution in [-0.4, -0.2) is 102 Å². The van der Waals surface area contributed by atoms with Gasteiger partial charge in [-0.2, -0.15) is 0 Å². The maximum Gasteiger partial charge on any atom is 0.500 e. The van der Waals surface area contributed by atoms with E-state index in [0.29, 0.717) is 24.6 Å². The van der Waals surface area contributed by atoms with Gasteiger partial charge in [0.2, 0.25) is 0 Å². The molecule has 1 unspecified atom stereocenters. The van der Waals surface area contributed by atoms with Gasteiger partial charge in [0.05, 0.1) is 6.10 Å². The smallest absolute Gasteiger partial charge is 0.393 e. The van der Waals surface area contributed by atoms with Crippen LogP contribution in [0.3, 0.4) is 0 Å². The summed E-state index contributed by atoms with van der Waals surface area (Å²) in [6.45, 7) is 1.85. The molecule has 0 aromatic rings. The van der Waals surface area contributed by atoms with Crippen molar-refractivity contribution in [1.82, 2.24) is 0 Å². The zero-order valence-electron chi connectivity index (χ0n) is 23.8. The summed E-state index contributed by atoms with van der Waals surface area (Å²) < 4.78 is 50.7. The summed E-state index contributed by atoms with van der Waals surface area (Å²) in [5.41, 5.74) is -0.117. The van der Waals surface area contributed by atoms with E-state index in [9.17, 15) is 5.11 Å². The van der Waals surface area contributed by atoms with Crippen LogP contribution in [-0.2, 0) is 39.8 Å². The average Bonchev–Trinajstić information content (AvgIpc) is 2.87. The third kappa shape index (κ3) is 11.3. The maximum atomic E-state index is 10.5. The Hall–Kier alpha value is 0.251. The van der Waals surface area contributed by atoms with Crippen LogP contribution in [0.2, 0.25) is 18.1 Å². The summed E-state index contributed by atoms with van der Waals surface area (Å²) in [5, 5.41) is 10.5. The minimum atomic E-state index is -2.68. The molecule has 0 aliphatic carbocycles. The molecule has 0 aliphatic rings. The van der Waals surface area contributed by atoms with Gasteiger partial charge in [0.25, 0.3) is 0 Å². The molecule has 1 N–H and O–H groups in total. The van der Waals surface area contributed by atoms with Crippen molar-refractivity contribution in [3.05, 3.63) is 0 Å². The van der Waals surface area contributed by atoms with Gasteiger partial charge in [-0.25, -0.2) is 0 Å². The molecule has 0 rings (SSSR count). The van der Waals surface area contributed by atoms with Crippen molar-refractivity contribution >= 4 is 26.4 Å². The van der Waals surface area contributed by atoms with Crippen molar-refractivity contribution in [2.45, 2.75) is 76.1 Å². The standard InChI is InChI=1S/C22H52O10Si3/c1-21(23)20-22(14-11-17-33(24-2,25-3)26-4,15-12-18-34(27-5,28-6)29-7)16-13-19-35(30-8,31-9)32-10/h21,23H,11-20H2,1-10H3. The van der Waals surface area contributed by atoms with Crippen LogP contribution in [0.25, 0.3) is 0 Å². The Kier molecular flexibility index (Phi) is 17.8. The van der Waals surface area contributed by atoms with E-state index in [4.69, 9.17) is 39.8 Å². The molecule has 10 nitrogen and oxygen atoms in total. The van der Waals surface area contributed by atoms with Gasteiger partial charge >= 0.3 is 26.4 Å². The number of aliphatic hydroxyl groups excluding tert-OH is 1. The van der Waals surface area contributed by atoms with Crippen LogP contribution in [0.1, 0.15) is 51.9 Å². The molecule has 212 valence electrons. The summed E-state index contributed by atoms with van der Waals surface area (Å²) >= 11 is 0. The van der Waals surface area contributed by atoms with Gasteiger partial charge in [0.15, 0.2) is 0 Å². The fourth-order valence-electron chi connectivity index (χ4n) is 5.02. The molecule has 0 heterocycles. The lowest BCUT2D eigenvalue weighted by molar-refractivity contribution is 0.0775. The molecule has 0 aromatic carbocycles. The molecule has 0 bridgehead atoms. The summed E-state index contributed by atoms with van der Waals surface area (Å²) in [7, 11) is 6.68. The molecule has 13 heteroatoms. The van der Waals surface area contributed by atoms with Crippen LogP contribution in [0, 0.1) is 5.41 Å². The van der Waals surface area contributed by atoms with Crippen LogP contribution in [0.15, 0.2) is 0 Å². The Labute approximate surface area is 216 Å². The summed E-state index contributed by atoms with van der Waals surface area (Å²) in [6, 6.07) is 2.12. The van der Waals surface area contributed by atoms with E-state index in [1.165, 1.54) is 0 Å². The molecular formula is C22H52O10Si3. The molecule has 0 saturated heterocycles. The minimum absolute atomic E-state index is 0.117. The molecule has 0 fully saturated rings. The average molecular weight is 561 g/mol.